The number of fused-ring (bicyclic) bond motifs is 2. The van der Waals surface area contributed by atoms with E-state index in [1.165, 1.54) is 0 Å². The number of carbonyl (C=O) groups is 1. The minimum absolute atomic E-state index is 0.157. The second-order valence-corrected chi connectivity index (χ2v) is 6.66. The fraction of sp³-hybridized carbons (Fsp3) is 0.0952. The fourth-order valence-corrected chi connectivity index (χ4v) is 3.24. The van der Waals surface area contributed by atoms with Crippen LogP contribution in [0.1, 0.15) is 21.7 Å². The van der Waals surface area contributed by atoms with E-state index in [2.05, 4.69) is 25.8 Å². The number of carbonyl (C=O) groups excluding carboxylic acids is 1. The Morgan fingerprint density at radius 2 is 1.72 bits per heavy atom. The van der Waals surface area contributed by atoms with Crippen LogP contribution in [-0.2, 0) is 13.1 Å². The topological polar surface area (TPSA) is 90.0 Å². The highest BCUT2D eigenvalue weighted by Gasteiger charge is 2.10. The molecule has 0 saturated carbocycles. The van der Waals surface area contributed by atoms with Crippen molar-refractivity contribution in [1.29, 1.82) is 0 Å². The van der Waals surface area contributed by atoms with Gasteiger partial charge < -0.3 is 5.32 Å². The van der Waals surface area contributed by atoms with Gasteiger partial charge in [-0.25, -0.2) is 4.68 Å². The number of rotatable bonds is 5. The molecule has 1 amide bonds. The highest BCUT2D eigenvalue weighted by atomic mass is 16.1. The molecule has 3 heterocycles. The predicted molar refractivity (Wildman–Crippen MR) is 107 cm³/mol. The van der Waals surface area contributed by atoms with E-state index in [1.807, 2.05) is 82.0 Å². The summed E-state index contributed by atoms with van der Waals surface area (Å²) in [7, 11) is 0. The second-order valence-electron chi connectivity index (χ2n) is 6.66. The fourth-order valence-electron chi connectivity index (χ4n) is 3.24. The Kier molecular flexibility index (Phi) is 4.21. The van der Waals surface area contributed by atoms with Crippen LogP contribution in [0.3, 0.4) is 0 Å². The first-order valence-corrected chi connectivity index (χ1v) is 9.22. The molecule has 0 unspecified atom stereocenters. The van der Waals surface area contributed by atoms with Crippen molar-refractivity contribution in [2.45, 2.75) is 13.1 Å². The van der Waals surface area contributed by atoms with Crippen LogP contribution in [0.2, 0.25) is 0 Å². The average Bonchev–Trinajstić information content (AvgIpc) is 3.37. The van der Waals surface area contributed by atoms with Crippen molar-refractivity contribution in [3.63, 3.8) is 0 Å². The van der Waals surface area contributed by atoms with Crippen LogP contribution in [0.25, 0.3) is 16.7 Å². The second kappa shape index (κ2) is 7.16. The van der Waals surface area contributed by atoms with Crippen LogP contribution in [0.5, 0.6) is 0 Å². The van der Waals surface area contributed by atoms with Crippen LogP contribution in [0.4, 0.5) is 0 Å². The van der Waals surface area contributed by atoms with Crippen LogP contribution >= 0.6 is 0 Å². The number of benzene rings is 2. The molecule has 0 saturated heterocycles. The van der Waals surface area contributed by atoms with Crippen molar-refractivity contribution in [2.75, 3.05) is 0 Å². The van der Waals surface area contributed by atoms with E-state index in [1.54, 1.807) is 0 Å². The minimum Gasteiger partial charge on any atom is -0.345 e. The summed E-state index contributed by atoms with van der Waals surface area (Å²) in [5.41, 5.74) is 4.23. The molecule has 8 heteroatoms. The third-order valence-electron chi connectivity index (χ3n) is 4.76. The molecule has 3 aromatic heterocycles. The molecule has 0 aliphatic heterocycles. The van der Waals surface area contributed by atoms with Crippen molar-refractivity contribution in [1.82, 2.24) is 34.9 Å². The lowest BCUT2D eigenvalue weighted by atomic mass is 10.1. The number of amides is 1. The van der Waals surface area contributed by atoms with Gasteiger partial charge in [0, 0.05) is 11.8 Å². The van der Waals surface area contributed by atoms with Gasteiger partial charge in [0.25, 0.3) is 5.91 Å². The van der Waals surface area contributed by atoms with E-state index in [4.69, 9.17) is 0 Å². The lowest BCUT2D eigenvalue weighted by molar-refractivity contribution is 0.0950. The number of hydrogen-bond donors (Lipinski definition) is 1. The molecule has 2 aromatic carbocycles. The molecule has 142 valence electrons. The van der Waals surface area contributed by atoms with Crippen molar-refractivity contribution < 1.29 is 4.79 Å². The molecule has 0 bridgehead atoms. The Hall–Kier alpha value is -4.07. The van der Waals surface area contributed by atoms with E-state index >= 15 is 0 Å². The van der Waals surface area contributed by atoms with Crippen molar-refractivity contribution in [3.05, 3.63) is 89.9 Å². The molecule has 5 rings (SSSR count). The quantitative estimate of drug-likeness (QED) is 0.503. The van der Waals surface area contributed by atoms with Gasteiger partial charge in [-0.2, -0.15) is 0 Å². The number of pyridine rings is 1. The molecule has 29 heavy (non-hydrogen) atoms. The summed E-state index contributed by atoms with van der Waals surface area (Å²) in [6.07, 6.45) is 1.87. The highest BCUT2D eigenvalue weighted by Crippen LogP contribution is 2.13. The smallest absolute Gasteiger partial charge is 0.251 e. The predicted octanol–water partition coefficient (Wildman–Crippen LogP) is 2.45. The summed E-state index contributed by atoms with van der Waals surface area (Å²) in [4.78, 5) is 12.5. The standard InChI is InChI=1S/C21H17N7O/c29-21(22-13-20-25-24-19-7-3-4-12-27(19)20)16-10-8-15(9-11-16)14-28-18-6-2-1-5-17(18)23-26-28/h1-12H,13-14H2,(H,22,29). The third-order valence-corrected chi connectivity index (χ3v) is 4.76. The summed E-state index contributed by atoms with van der Waals surface area (Å²) < 4.78 is 3.70. The van der Waals surface area contributed by atoms with Crippen LogP contribution < -0.4 is 5.32 Å². The molecule has 0 fully saturated rings. The van der Waals surface area contributed by atoms with E-state index in [0.29, 0.717) is 24.5 Å². The largest absolute Gasteiger partial charge is 0.345 e. The molecular formula is C21H17N7O. The van der Waals surface area contributed by atoms with E-state index < -0.39 is 0 Å². The van der Waals surface area contributed by atoms with Crippen molar-refractivity contribution >= 4 is 22.6 Å². The zero-order valence-electron chi connectivity index (χ0n) is 15.4. The summed E-state index contributed by atoms with van der Waals surface area (Å²) in [6, 6.07) is 21.0. The van der Waals surface area contributed by atoms with Crippen LogP contribution in [-0.4, -0.2) is 35.5 Å². The van der Waals surface area contributed by atoms with Gasteiger partial charge in [-0.3, -0.25) is 9.20 Å². The van der Waals surface area contributed by atoms with E-state index in [0.717, 1.165) is 22.2 Å². The zero-order chi connectivity index (χ0) is 19.6. The normalized spacial score (nSPS) is 11.2. The van der Waals surface area contributed by atoms with Gasteiger partial charge in [-0.15, -0.1) is 15.3 Å². The third kappa shape index (κ3) is 3.31. The Labute approximate surface area is 165 Å². The average molecular weight is 383 g/mol. The van der Waals surface area contributed by atoms with Gasteiger partial charge in [0.2, 0.25) is 0 Å². The summed E-state index contributed by atoms with van der Waals surface area (Å²) >= 11 is 0. The Balaban J connectivity index is 1.26. The molecule has 5 aromatic rings. The number of nitrogens with zero attached hydrogens (tertiary/aromatic N) is 6. The molecular weight excluding hydrogens is 366 g/mol. The van der Waals surface area contributed by atoms with Crippen LogP contribution in [0.15, 0.2) is 72.9 Å². The molecule has 0 atom stereocenters. The first-order valence-electron chi connectivity index (χ1n) is 9.22. The minimum atomic E-state index is -0.157. The van der Waals surface area contributed by atoms with Gasteiger partial charge in [-0.05, 0) is 42.0 Å². The van der Waals surface area contributed by atoms with Crippen LogP contribution in [0, 0.1) is 0 Å². The highest BCUT2D eigenvalue weighted by molar-refractivity contribution is 5.94. The van der Waals surface area contributed by atoms with Gasteiger partial charge in [0.05, 0.1) is 18.6 Å². The molecule has 1 N–H and O–H groups in total. The maximum Gasteiger partial charge on any atom is 0.251 e. The summed E-state index contributed by atoms with van der Waals surface area (Å²) in [5, 5.41) is 19.5. The maximum atomic E-state index is 12.5. The van der Waals surface area contributed by atoms with Gasteiger partial charge in [0.15, 0.2) is 11.5 Å². The van der Waals surface area contributed by atoms with Gasteiger partial charge >= 0.3 is 0 Å². The molecule has 8 nitrogen and oxygen atoms in total. The summed E-state index contributed by atoms with van der Waals surface area (Å²) in [5.74, 6) is 0.527. The Morgan fingerprint density at radius 3 is 2.62 bits per heavy atom. The monoisotopic (exact) mass is 383 g/mol. The zero-order valence-corrected chi connectivity index (χ0v) is 15.4. The molecule has 0 aliphatic rings. The number of hydrogen-bond acceptors (Lipinski definition) is 5. The van der Waals surface area contributed by atoms with Crippen molar-refractivity contribution in [2.24, 2.45) is 0 Å². The Bertz CT molecular complexity index is 1300. The molecule has 0 aliphatic carbocycles. The van der Waals surface area contributed by atoms with E-state index in [9.17, 15) is 4.79 Å². The lowest BCUT2D eigenvalue weighted by Crippen LogP contribution is -2.24. The first-order chi connectivity index (χ1) is 14.3. The Morgan fingerprint density at radius 1 is 0.897 bits per heavy atom. The SMILES string of the molecule is O=C(NCc1nnc2ccccn12)c1ccc(Cn2nnc3ccccc32)cc1. The van der Waals surface area contributed by atoms with Crippen molar-refractivity contribution in [3.8, 4) is 0 Å². The lowest BCUT2D eigenvalue weighted by Gasteiger charge is -2.06. The first kappa shape index (κ1) is 17.1. The summed E-state index contributed by atoms with van der Waals surface area (Å²) in [6.45, 7) is 0.894. The van der Waals surface area contributed by atoms with Gasteiger partial charge in [0.1, 0.15) is 5.52 Å². The number of para-hydroxylation sites is 1. The molecule has 0 spiro atoms. The maximum absolute atomic E-state index is 12.5. The van der Waals surface area contributed by atoms with E-state index in [-0.39, 0.29) is 5.91 Å². The van der Waals surface area contributed by atoms with Gasteiger partial charge in [-0.1, -0.05) is 35.5 Å². The number of aromatic nitrogens is 6. The molecule has 0 radical (unpaired) electrons. The number of nitrogens with one attached hydrogen (secondary N) is 1.